The summed E-state index contributed by atoms with van der Waals surface area (Å²) in [5.74, 6) is -0.864. The summed E-state index contributed by atoms with van der Waals surface area (Å²) in [6.45, 7) is 6.64. The van der Waals surface area contributed by atoms with E-state index < -0.39 is 6.10 Å². The number of carbonyl (C=O) groups is 3. The van der Waals surface area contributed by atoms with E-state index in [4.69, 9.17) is 14.2 Å². The smallest absolute Gasteiger partial charge is 0.306 e. The maximum Gasteiger partial charge on any atom is 0.306 e. The third-order valence-corrected chi connectivity index (χ3v) is 11.5. The van der Waals surface area contributed by atoms with Gasteiger partial charge in [-0.2, -0.15) is 0 Å². The molecule has 0 radical (unpaired) electrons. The third-order valence-electron chi connectivity index (χ3n) is 11.5. The van der Waals surface area contributed by atoms with Crippen molar-refractivity contribution in [2.24, 2.45) is 0 Å². The second kappa shape index (κ2) is 47.8. The lowest BCUT2D eigenvalue weighted by Crippen LogP contribution is -2.30. The van der Waals surface area contributed by atoms with E-state index in [1.165, 1.54) is 180 Å². The van der Waals surface area contributed by atoms with Gasteiger partial charge in [0.05, 0.1) is 0 Å². The van der Waals surface area contributed by atoms with Crippen LogP contribution in [0, 0.1) is 0 Å². The van der Waals surface area contributed by atoms with Crippen LogP contribution in [0.1, 0.15) is 284 Å². The number of ether oxygens (including phenoxy) is 3. The van der Waals surface area contributed by atoms with Crippen molar-refractivity contribution >= 4 is 17.9 Å². The molecule has 0 aromatic carbocycles. The van der Waals surface area contributed by atoms with Crippen LogP contribution in [-0.2, 0) is 28.6 Å². The minimum absolute atomic E-state index is 0.0683. The molecule has 58 heavy (non-hydrogen) atoms. The molecule has 0 aromatic heterocycles. The first kappa shape index (κ1) is 56.1. The van der Waals surface area contributed by atoms with Crippen LogP contribution in [0.5, 0.6) is 0 Å². The van der Waals surface area contributed by atoms with Crippen LogP contribution in [0.3, 0.4) is 0 Å². The van der Waals surface area contributed by atoms with Gasteiger partial charge in [-0.3, -0.25) is 14.4 Å². The van der Waals surface area contributed by atoms with E-state index in [-0.39, 0.29) is 31.1 Å². The molecule has 0 saturated heterocycles. The molecule has 0 aromatic rings. The van der Waals surface area contributed by atoms with Crippen LogP contribution in [0.15, 0.2) is 12.2 Å². The number of unbranched alkanes of at least 4 members (excludes halogenated alkanes) is 34. The molecule has 0 saturated carbocycles. The maximum absolute atomic E-state index is 12.8. The Labute approximate surface area is 360 Å². The summed E-state index contributed by atoms with van der Waals surface area (Å²) < 4.78 is 16.8. The van der Waals surface area contributed by atoms with E-state index in [1.54, 1.807) is 0 Å². The van der Waals surface area contributed by atoms with Crippen LogP contribution in [0.4, 0.5) is 0 Å². The molecule has 1 unspecified atom stereocenters. The lowest BCUT2D eigenvalue weighted by atomic mass is 10.0. The Balaban J connectivity index is 4.29. The Kier molecular flexibility index (Phi) is 46.3. The van der Waals surface area contributed by atoms with Crippen molar-refractivity contribution in [3.63, 3.8) is 0 Å². The quantitative estimate of drug-likeness (QED) is 0.0263. The molecule has 6 heteroatoms. The number of hydrogen-bond acceptors (Lipinski definition) is 6. The molecule has 0 aliphatic carbocycles. The molecule has 0 spiro atoms. The van der Waals surface area contributed by atoms with E-state index >= 15 is 0 Å². The zero-order valence-electron chi connectivity index (χ0n) is 39.1. The maximum atomic E-state index is 12.8. The molecule has 0 bridgehead atoms. The molecule has 6 nitrogen and oxygen atoms in total. The number of esters is 3. The fraction of sp³-hybridized carbons (Fsp3) is 0.904. The van der Waals surface area contributed by atoms with Crippen LogP contribution < -0.4 is 0 Å². The number of allylic oxidation sites excluding steroid dienone is 2. The zero-order valence-corrected chi connectivity index (χ0v) is 39.1. The number of hydrogen-bond donors (Lipinski definition) is 0. The SMILES string of the molecule is CCCCCCCC/C=C\CCCCCCCC(=O)OC(COC(=O)CCCCCCCCCCC)COC(=O)CCCCCCCCCCCCCCCCCC. The average Bonchev–Trinajstić information content (AvgIpc) is 3.22. The van der Waals surface area contributed by atoms with Crippen molar-refractivity contribution < 1.29 is 28.6 Å². The van der Waals surface area contributed by atoms with E-state index in [2.05, 4.69) is 32.9 Å². The van der Waals surface area contributed by atoms with Crippen molar-refractivity contribution in [1.29, 1.82) is 0 Å². The Morgan fingerprint density at radius 1 is 0.328 bits per heavy atom. The van der Waals surface area contributed by atoms with Gasteiger partial charge in [-0.15, -0.1) is 0 Å². The fourth-order valence-corrected chi connectivity index (χ4v) is 7.61. The highest BCUT2D eigenvalue weighted by atomic mass is 16.6. The predicted octanol–water partition coefficient (Wildman–Crippen LogP) is 16.6. The normalized spacial score (nSPS) is 12.0. The molecule has 0 amide bonds. The average molecular weight is 819 g/mol. The van der Waals surface area contributed by atoms with Gasteiger partial charge in [-0.25, -0.2) is 0 Å². The van der Waals surface area contributed by atoms with E-state index in [0.717, 1.165) is 64.2 Å². The molecule has 0 aliphatic rings. The van der Waals surface area contributed by atoms with E-state index in [0.29, 0.717) is 19.3 Å². The summed E-state index contributed by atoms with van der Waals surface area (Å²) in [7, 11) is 0. The fourth-order valence-electron chi connectivity index (χ4n) is 7.61. The molecule has 0 heterocycles. The van der Waals surface area contributed by atoms with Gasteiger partial charge in [-0.1, -0.05) is 232 Å². The van der Waals surface area contributed by atoms with Gasteiger partial charge in [-0.05, 0) is 44.9 Å². The van der Waals surface area contributed by atoms with Gasteiger partial charge in [0.2, 0.25) is 0 Å². The number of rotatable bonds is 47. The molecular formula is C52H98O6. The lowest BCUT2D eigenvalue weighted by Gasteiger charge is -2.18. The highest BCUT2D eigenvalue weighted by molar-refractivity contribution is 5.71. The molecule has 1 atom stereocenters. The lowest BCUT2D eigenvalue weighted by molar-refractivity contribution is -0.167. The van der Waals surface area contributed by atoms with Crippen LogP contribution in [-0.4, -0.2) is 37.2 Å². The van der Waals surface area contributed by atoms with Crippen molar-refractivity contribution in [3.05, 3.63) is 12.2 Å². The third kappa shape index (κ3) is 45.2. The van der Waals surface area contributed by atoms with E-state index in [1.807, 2.05) is 0 Å². The molecule has 0 rings (SSSR count). The molecule has 342 valence electrons. The van der Waals surface area contributed by atoms with Gasteiger partial charge >= 0.3 is 17.9 Å². The van der Waals surface area contributed by atoms with Crippen LogP contribution >= 0.6 is 0 Å². The standard InChI is InChI=1S/C52H98O6/c1-4-7-10-13-16-19-21-23-25-27-28-30-33-36-39-42-45-51(54)57-48-49(47-56-50(53)44-41-38-35-32-18-15-12-9-6-3)58-52(55)46-43-40-37-34-31-29-26-24-22-20-17-14-11-8-5-2/h24,26,49H,4-23,25,27-48H2,1-3H3/b26-24-. The summed E-state index contributed by atoms with van der Waals surface area (Å²) in [4.78, 5) is 37.8. The minimum atomic E-state index is -0.766. The van der Waals surface area contributed by atoms with Crippen LogP contribution in [0.25, 0.3) is 0 Å². The Morgan fingerprint density at radius 3 is 0.862 bits per heavy atom. The van der Waals surface area contributed by atoms with Crippen molar-refractivity contribution in [2.45, 2.75) is 290 Å². The summed E-state index contributed by atoms with van der Waals surface area (Å²) in [5.41, 5.74) is 0. The topological polar surface area (TPSA) is 78.9 Å². The minimum Gasteiger partial charge on any atom is -0.462 e. The largest absolute Gasteiger partial charge is 0.462 e. The summed E-state index contributed by atoms with van der Waals surface area (Å²) in [5, 5.41) is 0. The van der Waals surface area contributed by atoms with Gasteiger partial charge in [0.1, 0.15) is 13.2 Å². The predicted molar refractivity (Wildman–Crippen MR) is 247 cm³/mol. The summed E-state index contributed by atoms with van der Waals surface area (Å²) in [6.07, 6.45) is 52.0. The van der Waals surface area contributed by atoms with Gasteiger partial charge in [0.15, 0.2) is 6.10 Å². The monoisotopic (exact) mass is 819 g/mol. The van der Waals surface area contributed by atoms with E-state index in [9.17, 15) is 14.4 Å². The van der Waals surface area contributed by atoms with Gasteiger partial charge in [0.25, 0.3) is 0 Å². The molecule has 0 aliphatic heterocycles. The van der Waals surface area contributed by atoms with Crippen molar-refractivity contribution in [2.75, 3.05) is 13.2 Å². The summed E-state index contributed by atoms with van der Waals surface area (Å²) >= 11 is 0. The Bertz CT molecular complexity index is 900. The second-order valence-electron chi connectivity index (χ2n) is 17.4. The first-order chi connectivity index (χ1) is 28.5. The first-order valence-corrected chi connectivity index (χ1v) is 25.7. The van der Waals surface area contributed by atoms with Crippen molar-refractivity contribution in [3.8, 4) is 0 Å². The highest BCUT2D eigenvalue weighted by Gasteiger charge is 2.19. The molecule has 0 fully saturated rings. The Hall–Kier alpha value is -1.85. The first-order valence-electron chi connectivity index (χ1n) is 25.7. The number of carbonyl (C=O) groups excluding carboxylic acids is 3. The van der Waals surface area contributed by atoms with Gasteiger partial charge < -0.3 is 14.2 Å². The second-order valence-corrected chi connectivity index (χ2v) is 17.4. The molecular weight excluding hydrogens is 721 g/mol. The highest BCUT2D eigenvalue weighted by Crippen LogP contribution is 2.16. The van der Waals surface area contributed by atoms with Gasteiger partial charge in [0, 0.05) is 19.3 Å². The Morgan fingerprint density at radius 2 is 0.569 bits per heavy atom. The van der Waals surface area contributed by atoms with Crippen LogP contribution in [0.2, 0.25) is 0 Å². The zero-order chi connectivity index (χ0) is 42.3. The van der Waals surface area contributed by atoms with Crippen molar-refractivity contribution in [1.82, 2.24) is 0 Å². The summed E-state index contributed by atoms with van der Waals surface area (Å²) in [6, 6.07) is 0. The molecule has 0 N–H and O–H groups in total.